The molecule has 3 fully saturated rings. The van der Waals surface area contributed by atoms with E-state index in [9.17, 15) is 46.4 Å². The predicted octanol–water partition coefficient (Wildman–Crippen LogP) is 22.1. The number of rotatable bonds is 13. The van der Waals surface area contributed by atoms with Crippen LogP contribution in [0.5, 0.6) is 0 Å². The summed E-state index contributed by atoms with van der Waals surface area (Å²) in [4.78, 5) is 52.3. The largest absolute Gasteiger partial charge is 4.00 e. The Labute approximate surface area is 618 Å². The van der Waals surface area contributed by atoms with Gasteiger partial charge in [-0.05, 0) is 150 Å². The Hall–Kier alpha value is -8.42. The van der Waals surface area contributed by atoms with Crippen molar-refractivity contribution < 1.29 is 72.9 Å². The van der Waals surface area contributed by atoms with Gasteiger partial charge < -0.3 is 38.4 Å². The Morgan fingerprint density at radius 1 is 0.461 bits per heavy atom. The fourth-order valence-corrected chi connectivity index (χ4v) is 15.1. The van der Waals surface area contributed by atoms with E-state index < -0.39 is 52.7 Å². The number of ether oxygens (including phenoxy) is 1. The maximum absolute atomic E-state index is 14.5. The fourth-order valence-electron chi connectivity index (χ4n) is 12.5. The summed E-state index contributed by atoms with van der Waals surface area (Å²) >= 11 is 0. The standard InChI is InChI=1S/C26H27O3P.C16H16O2.C13H16O2.2C10H6F2N.2C5H10.2CH3.Ti/c1-16-12-18(3)23(19(4)13-16)25(27)30(29,22-10-8-7-9-11-22)26(28)24-20(5)14-17(2)15-21(24)6;1-16(18-2,14-11-7-4-8-12-14)15(17)13-9-5-3-6-10-13;14-12(11-7-3-1-4-8-11)13(15)9-5-2-6-10-13;2*11-8-3-4-10(9(12)7-8)13-5-1-2-6-13;2*1-2-4-5-3-1;;;/h7-15H,1-6H3;3-12H,1-2H3;1,3-4,7-8,15H,2,5-6,9-10H2;2*1-6H;2*1-5H2;2*1H3;/q;;;2*-1;;;2*-1;+4. The molecule has 10 aromatic rings. The van der Waals surface area contributed by atoms with Gasteiger partial charge in [0.2, 0.25) is 18.2 Å². The molecule has 0 aliphatic heterocycles. The van der Waals surface area contributed by atoms with Crippen LogP contribution in [-0.4, -0.2) is 49.6 Å². The van der Waals surface area contributed by atoms with E-state index in [4.69, 9.17) is 4.74 Å². The van der Waals surface area contributed by atoms with Crippen molar-refractivity contribution in [3.05, 3.63) is 330 Å². The van der Waals surface area contributed by atoms with Crippen molar-refractivity contribution >= 4 is 35.1 Å². The van der Waals surface area contributed by atoms with Gasteiger partial charge in [-0.25, -0.2) is 17.6 Å². The zero-order chi connectivity index (χ0) is 71.5. The molecule has 0 spiro atoms. The number of nitrogens with zero attached hydrogens (tertiary/aromatic N) is 2. The Morgan fingerprint density at radius 3 is 1.11 bits per heavy atom. The second kappa shape index (κ2) is 42.2. The number of Topliss-reactive ketones (excluding diaryl/α,β-unsaturated/α-hetero) is 2. The van der Waals surface area contributed by atoms with Crippen molar-refractivity contribution in [1.82, 2.24) is 9.13 Å². The van der Waals surface area contributed by atoms with Crippen LogP contribution in [-0.2, 0) is 36.6 Å². The SMILES string of the molecule is C1CCCC1.C1CCCC1.COC(C)(C(=O)c1ccccc1)c1ccccc1.Cc1cc(C)c(C(=O)P(=O)(C(=O)c2c(C)cc(C)cc2C)c2ccccc2)c(C)c1.Fc1[c-]c(F)c(-n2cccc2)cc1.Fc1[c-]c(F)c(-n2cccc2)cc1.O=C(c1ccccc1)C1(O)CCCCC1.[CH3-].[CH3-].[Ti+4]. The number of carbonyl (C=O) groups excluding carboxylic acids is 4. The molecule has 2 heterocycles. The number of methoxy groups -OCH3 is 1. The van der Waals surface area contributed by atoms with Gasteiger partial charge >= 0.3 is 21.7 Å². The number of aliphatic hydroxyl groups is 1. The van der Waals surface area contributed by atoms with Gasteiger partial charge in [0.25, 0.3) is 0 Å². The summed E-state index contributed by atoms with van der Waals surface area (Å²) in [5.41, 5.74) is 5.26. The van der Waals surface area contributed by atoms with Gasteiger partial charge in [0, 0.05) is 57.9 Å². The summed E-state index contributed by atoms with van der Waals surface area (Å²) in [5, 5.41) is 10.5. The molecule has 9 nitrogen and oxygen atoms in total. The van der Waals surface area contributed by atoms with Crippen molar-refractivity contribution in [1.29, 1.82) is 0 Å². The first kappa shape index (κ1) is 86.0. The van der Waals surface area contributed by atoms with Crippen LogP contribution in [0.25, 0.3) is 11.4 Å². The average molecular weight is 1440 g/mol. The first-order valence-corrected chi connectivity index (χ1v) is 35.7. The predicted molar refractivity (Wildman–Crippen MR) is 402 cm³/mol. The number of benzene rings is 8. The number of carbonyl (C=O) groups is 4. The molecule has 0 amide bonds. The Kier molecular flexibility index (Phi) is 35.6. The number of hydrogen-bond acceptors (Lipinski definition) is 7. The summed E-state index contributed by atoms with van der Waals surface area (Å²) in [6, 6.07) is 60.0. The molecular formula is C87H97F4N2O7PTi. The van der Waals surface area contributed by atoms with Crippen LogP contribution in [0, 0.1) is 91.8 Å². The van der Waals surface area contributed by atoms with Gasteiger partial charge in [0.05, 0.1) is 0 Å². The second-order valence-corrected chi connectivity index (χ2v) is 28.0. The summed E-state index contributed by atoms with van der Waals surface area (Å²) in [6.07, 6.45) is 26.0. The maximum Gasteiger partial charge on any atom is 4.00 e. The minimum absolute atomic E-state index is 0. The van der Waals surface area contributed by atoms with Gasteiger partial charge in [-0.1, -0.05) is 240 Å². The number of ketones is 2. The average Bonchev–Trinajstić information content (AvgIpc) is 0.899. The van der Waals surface area contributed by atoms with Gasteiger partial charge in [0.1, 0.15) is 5.60 Å². The molecule has 2 aromatic heterocycles. The van der Waals surface area contributed by atoms with Crippen molar-refractivity contribution in [3.8, 4) is 11.4 Å². The van der Waals surface area contributed by atoms with E-state index in [2.05, 4.69) is 0 Å². The molecule has 8 aromatic carbocycles. The molecule has 102 heavy (non-hydrogen) atoms. The third kappa shape index (κ3) is 23.6. The topological polar surface area (TPSA) is 125 Å². The van der Waals surface area contributed by atoms with Gasteiger partial charge in [-0.3, -0.25) is 19.2 Å². The molecule has 534 valence electrons. The van der Waals surface area contributed by atoms with Gasteiger partial charge in [-0.2, -0.15) is 0 Å². The molecule has 0 radical (unpaired) electrons. The van der Waals surface area contributed by atoms with E-state index in [0.29, 0.717) is 46.5 Å². The minimum Gasteiger partial charge on any atom is -0.382 e. The molecule has 1 atom stereocenters. The van der Waals surface area contributed by atoms with E-state index in [1.165, 1.54) is 88.5 Å². The van der Waals surface area contributed by atoms with E-state index in [1.807, 2.05) is 157 Å². The van der Waals surface area contributed by atoms with E-state index in [1.54, 1.807) is 115 Å². The monoisotopic (exact) mass is 1440 g/mol. The molecule has 3 aliphatic rings. The van der Waals surface area contributed by atoms with Crippen LogP contribution in [0.4, 0.5) is 17.6 Å². The molecule has 0 saturated heterocycles. The molecule has 3 saturated carbocycles. The molecular weight excluding hydrogens is 1340 g/mol. The van der Waals surface area contributed by atoms with E-state index >= 15 is 0 Å². The summed E-state index contributed by atoms with van der Waals surface area (Å²) in [5.74, 6) is -2.88. The number of aryl methyl sites for hydroxylation is 6. The Bertz CT molecular complexity index is 4030. The second-order valence-electron chi connectivity index (χ2n) is 25.4. The van der Waals surface area contributed by atoms with Crippen LogP contribution in [0.3, 0.4) is 0 Å². The summed E-state index contributed by atoms with van der Waals surface area (Å²) in [7, 11) is -2.55. The third-order valence-corrected chi connectivity index (χ3v) is 20.4. The smallest absolute Gasteiger partial charge is 0.382 e. The van der Waals surface area contributed by atoms with Gasteiger partial charge in [-0.15, -0.1) is 36.4 Å². The number of halogens is 4. The summed E-state index contributed by atoms with van der Waals surface area (Å²) in [6.45, 7) is 13.0. The first-order valence-electron chi connectivity index (χ1n) is 34.0. The molecule has 1 unspecified atom stereocenters. The molecule has 13 rings (SSSR count). The van der Waals surface area contributed by atoms with Crippen molar-refractivity contribution in [2.45, 2.75) is 156 Å². The fraction of sp³-hybridized carbons (Fsp3) is 0.287. The van der Waals surface area contributed by atoms with Crippen molar-refractivity contribution in [3.63, 3.8) is 0 Å². The Morgan fingerprint density at radius 2 is 0.775 bits per heavy atom. The molecule has 0 bridgehead atoms. The number of aromatic nitrogens is 2. The zero-order valence-corrected chi connectivity index (χ0v) is 63.1. The van der Waals surface area contributed by atoms with E-state index in [0.717, 1.165) is 58.2 Å². The third-order valence-electron chi connectivity index (χ3n) is 17.8. The van der Waals surface area contributed by atoms with Crippen molar-refractivity contribution in [2.75, 3.05) is 7.11 Å². The van der Waals surface area contributed by atoms with Crippen LogP contribution in [0.1, 0.15) is 184 Å². The molecule has 15 heteroatoms. The first-order chi connectivity index (χ1) is 47.5. The molecule has 1 N–H and O–H groups in total. The minimum atomic E-state index is -4.11. The summed E-state index contributed by atoms with van der Waals surface area (Å²) < 4.78 is 74.3. The normalized spacial score (nSPS) is 13.7. The van der Waals surface area contributed by atoms with Crippen LogP contribution in [0.2, 0.25) is 0 Å². The quantitative estimate of drug-likeness (QED) is 0.0401. The number of hydrogen-bond donors (Lipinski definition) is 1. The van der Waals surface area contributed by atoms with Crippen molar-refractivity contribution in [2.24, 2.45) is 0 Å². The van der Waals surface area contributed by atoms with E-state index in [-0.39, 0.29) is 53.4 Å². The maximum atomic E-state index is 14.5. The van der Waals surface area contributed by atoms with Gasteiger partial charge in [0.15, 0.2) is 17.2 Å². The van der Waals surface area contributed by atoms with Crippen LogP contribution in [0.15, 0.2) is 219 Å². The van der Waals surface area contributed by atoms with Crippen LogP contribution >= 0.6 is 7.14 Å². The van der Waals surface area contributed by atoms with Crippen LogP contribution < -0.4 is 5.30 Å². The Balaban J connectivity index is 0.000000267. The molecule has 3 aliphatic carbocycles. The zero-order valence-electron chi connectivity index (χ0n) is 60.6.